The van der Waals surface area contributed by atoms with E-state index in [1.807, 2.05) is 0 Å². The topological polar surface area (TPSA) is 155 Å². The van der Waals surface area contributed by atoms with Crippen molar-refractivity contribution in [3.8, 4) is 11.8 Å². The summed E-state index contributed by atoms with van der Waals surface area (Å²) in [6, 6.07) is 4.99. The number of carbonyl (C=O) groups excluding carboxylic acids is 6. The quantitative estimate of drug-likeness (QED) is 0.317. The number of benzene rings is 1. The van der Waals surface area contributed by atoms with Crippen molar-refractivity contribution in [2.24, 2.45) is 0 Å². The number of anilines is 1. The summed E-state index contributed by atoms with van der Waals surface area (Å²) in [6.07, 6.45) is 0.104. The maximum absolute atomic E-state index is 12.8. The monoisotopic (exact) mass is 479 g/mol. The third-order valence-electron chi connectivity index (χ3n) is 5.08. The molecule has 3 heterocycles. The fraction of sp³-hybridized carbons (Fsp3) is 0.227. The minimum Gasteiger partial charge on any atom is -0.337 e. The lowest BCUT2D eigenvalue weighted by Crippen LogP contribution is -2.54. The Morgan fingerprint density at radius 2 is 1.91 bits per heavy atom. The van der Waals surface area contributed by atoms with Gasteiger partial charge in [-0.3, -0.25) is 39.0 Å². The van der Waals surface area contributed by atoms with Crippen molar-refractivity contribution in [1.29, 1.82) is 0 Å². The van der Waals surface area contributed by atoms with E-state index in [1.165, 1.54) is 18.2 Å². The molecule has 3 N–H and O–H groups in total. The molecular weight excluding hydrogens is 462 g/mol. The summed E-state index contributed by atoms with van der Waals surface area (Å²) in [6.45, 7) is 1.64. The summed E-state index contributed by atoms with van der Waals surface area (Å²) >= 11 is 1.06. The molecule has 2 aliphatic heterocycles. The van der Waals surface area contributed by atoms with E-state index in [2.05, 4.69) is 32.2 Å². The van der Waals surface area contributed by atoms with E-state index in [-0.39, 0.29) is 30.5 Å². The smallest absolute Gasteiger partial charge is 0.314 e. The highest BCUT2D eigenvalue weighted by atomic mass is 32.1. The zero-order valence-corrected chi connectivity index (χ0v) is 18.6. The molecule has 6 amide bonds. The van der Waals surface area contributed by atoms with Crippen LogP contribution in [-0.4, -0.2) is 57.3 Å². The third kappa shape index (κ3) is 4.55. The fourth-order valence-electron chi connectivity index (χ4n) is 3.49. The lowest BCUT2D eigenvalue weighted by atomic mass is 10.0. The van der Waals surface area contributed by atoms with Crippen molar-refractivity contribution in [1.82, 2.24) is 19.9 Å². The maximum atomic E-state index is 12.8. The molecule has 34 heavy (non-hydrogen) atoms. The molecule has 0 saturated carbocycles. The standard InChI is InChI=1S/C22H17N5O6S/c1-11-9-17(34-26-11)25-20(31)19(30)23-8-2-3-12-4-5-13-14(10-12)22(33)27(21(13)32)15-6-7-16(28)24-18(15)29/h4-5,9-10,15H,6-8H2,1H3,(H,23,30)(H,25,31)(H,24,28,29). The molecule has 12 heteroatoms. The average molecular weight is 479 g/mol. The summed E-state index contributed by atoms with van der Waals surface area (Å²) in [5.41, 5.74) is 1.37. The van der Waals surface area contributed by atoms with Gasteiger partial charge in [0, 0.05) is 12.0 Å². The first-order valence-corrected chi connectivity index (χ1v) is 10.9. The lowest BCUT2D eigenvalue weighted by molar-refractivity contribution is -0.136. The Balaban J connectivity index is 1.38. The van der Waals surface area contributed by atoms with E-state index in [9.17, 15) is 28.8 Å². The van der Waals surface area contributed by atoms with Crippen LogP contribution in [0.1, 0.15) is 44.8 Å². The van der Waals surface area contributed by atoms with Gasteiger partial charge in [-0.25, -0.2) is 0 Å². The number of hydrogen-bond donors (Lipinski definition) is 3. The molecule has 2 aromatic rings. The minimum absolute atomic E-state index is 0.0358. The van der Waals surface area contributed by atoms with Crippen LogP contribution in [0.3, 0.4) is 0 Å². The first kappa shape index (κ1) is 22.8. The second-order valence-electron chi connectivity index (χ2n) is 7.48. The maximum Gasteiger partial charge on any atom is 0.314 e. The molecule has 4 rings (SSSR count). The van der Waals surface area contributed by atoms with Crippen LogP contribution in [0, 0.1) is 18.8 Å². The Labute approximate surface area is 197 Å². The lowest BCUT2D eigenvalue weighted by Gasteiger charge is -2.27. The van der Waals surface area contributed by atoms with Crippen LogP contribution < -0.4 is 16.0 Å². The molecule has 1 atom stereocenters. The summed E-state index contributed by atoms with van der Waals surface area (Å²) in [5.74, 6) is 1.34. The number of nitrogens with zero attached hydrogens (tertiary/aromatic N) is 2. The largest absolute Gasteiger partial charge is 0.337 e. The fourth-order valence-corrected chi connectivity index (χ4v) is 4.15. The van der Waals surface area contributed by atoms with Crippen LogP contribution in [0.5, 0.6) is 0 Å². The van der Waals surface area contributed by atoms with Gasteiger partial charge in [0.2, 0.25) is 11.8 Å². The molecular formula is C22H17N5O6S. The zero-order valence-electron chi connectivity index (χ0n) is 17.8. The van der Waals surface area contributed by atoms with Crippen molar-refractivity contribution in [3.05, 3.63) is 46.6 Å². The van der Waals surface area contributed by atoms with Gasteiger partial charge in [0.25, 0.3) is 11.8 Å². The van der Waals surface area contributed by atoms with Crippen LogP contribution in [0.25, 0.3) is 0 Å². The molecule has 1 saturated heterocycles. The second kappa shape index (κ2) is 9.24. The van der Waals surface area contributed by atoms with E-state index >= 15 is 0 Å². The van der Waals surface area contributed by atoms with Gasteiger partial charge in [0.05, 0.1) is 23.4 Å². The van der Waals surface area contributed by atoms with Gasteiger partial charge in [-0.2, -0.15) is 4.37 Å². The highest BCUT2D eigenvalue weighted by molar-refractivity contribution is 7.10. The molecule has 1 aromatic carbocycles. The van der Waals surface area contributed by atoms with Crippen LogP contribution in [0.4, 0.5) is 5.00 Å². The number of aromatic nitrogens is 1. The number of nitrogens with one attached hydrogen (secondary N) is 3. The third-order valence-corrected chi connectivity index (χ3v) is 5.88. The molecule has 172 valence electrons. The Morgan fingerprint density at radius 3 is 2.62 bits per heavy atom. The number of rotatable bonds is 3. The number of carbonyl (C=O) groups is 6. The van der Waals surface area contributed by atoms with Crippen molar-refractivity contribution in [3.63, 3.8) is 0 Å². The number of piperidine rings is 1. The number of fused-ring (bicyclic) bond motifs is 1. The number of hydrogen-bond acceptors (Lipinski definition) is 8. The van der Waals surface area contributed by atoms with E-state index in [4.69, 9.17) is 0 Å². The predicted octanol–water partition coefficient (Wildman–Crippen LogP) is -0.0409. The van der Waals surface area contributed by atoms with Gasteiger partial charge in [0.1, 0.15) is 11.0 Å². The molecule has 1 aromatic heterocycles. The predicted molar refractivity (Wildman–Crippen MR) is 118 cm³/mol. The van der Waals surface area contributed by atoms with Gasteiger partial charge in [-0.15, -0.1) is 0 Å². The molecule has 1 fully saturated rings. The van der Waals surface area contributed by atoms with Crippen LogP contribution in [-0.2, 0) is 19.2 Å². The van der Waals surface area contributed by atoms with Gasteiger partial charge >= 0.3 is 11.8 Å². The van der Waals surface area contributed by atoms with Crippen molar-refractivity contribution in [2.45, 2.75) is 25.8 Å². The van der Waals surface area contributed by atoms with Crippen molar-refractivity contribution < 1.29 is 28.8 Å². The summed E-state index contributed by atoms with van der Waals surface area (Å²) in [4.78, 5) is 73.6. The number of aryl methyl sites for hydroxylation is 1. The van der Waals surface area contributed by atoms with E-state index < -0.39 is 41.5 Å². The van der Waals surface area contributed by atoms with Crippen LogP contribution in [0.2, 0.25) is 0 Å². The normalized spacial score (nSPS) is 17.0. The highest BCUT2D eigenvalue weighted by Gasteiger charge is 2.44. The molecule has 2 aliphatic rings. The van der Waals surface area contributed by atoms with E-state index in [0.717, 1.165) is 22.1 Å². The second-order valence-corrected chi connectivity index (χ2v) is 8.28. The van der Waals surface area contributed by atoms with E-state index in [1.54, 1.807) is 13.0 Å². The molecule has 0 bridgehead atoms. The first-order chi connectivity index (χ1) is 16.2. The summed E-state index contributed by atoms with van der Waals surface area (Å²) in [7, 11) is 0. The molecule has 1 unspecified atom stereocenters. The van der Waals surface area contributed by atoms with Gasteiger partial charge in [0.15, 0.2) is 0 Å². The average Bonchev–Trinajstić information content (AvgIpc) is 3.31. The summed E-state index contributed by atoms with van der Waals surface area (Å²) < 4.78 is 4.00. The molecule has 0 radical (unpaired) electrons. The van der Waals surface area contributed by atoms with Gasteiger partial charge < -0.3 is 10.6 Å². The Kier molecular flexibility index (Phi) is 6.20. The molecule has 11 nitrogen and oxygen atoms in total. The van der Waals surface area contributed by atoms with Crippen molar-refractivity contribution >= 4 is 52.0 Å². The minimum atomic E-state index is -1.05. The Hall–Kier alpha value is -4.37. The van der Waals surface area contributed by atoms with Crippen LogP contribution in [0.15, 0.2) is 24.3 Å². The van der Waals surface area contributed by atoms with Crippen molar-refractivity contribution in [2.75, 3.05) is 11.9 Å². The zero-order chi connectivity index (χ0) is 24.4. The van der Waals surface area contributed by atoms with E-state index in [0.29, 0.717) is 10.6 Å². The van der Waals surface area contributed by atoms with Gasteiger partial charge in [-0.05, 0) is 49.1 Å². The summed E-state index contributed by atoms with van der Waals surface area (Å²) in [5, 5.41) is 7.39. The highest BCUT2D eigenvalue weighted by Crippen LogP contribution is 2.28. The SMILES string of the molecule is Cc1cc(NC(=O)C(=O)NCC#Cc2ccc3c(c2)C(=O)N(C2CCC(=O)NC2=O)C3=O)sn1. The number of imide groups is 2. The first-order valence-electron chi connectivity index (χ1n) is 10.1. The Bertz CT molecular complexity index is 1320. The molecule has 0 spiro atoms. The van der Waals surface area contributed by atoms with Crippen LogP contribution >= 0.6 is 11.5 Å². The number of amides is 6. The Morgan fingerprint density at radius 1 is 1.15 bits per heavy atom. The van der Waals surface area contributed by atoms with Gasteiger partial charge in [-0.1, -0.05) is 11.8 Å². The molecule has 0 aliphatic carbocycles.